The summed E-state index contributed by atoms with van der Waals surface area (Å²) in [5.74, 6) is -1.51. The molecule has 2 saturated heterocycles. The predicted octanol–water partition coefficient (Wildman–Crippen LogP) is -0.916. The van der Waals surface area contributed by atoms with E-state index in [1.165, 1.54) is 20.8 Å². The lowest BCUT2D eigenvalue weighted by atomic mass is 9.96. The van der Waals surface area contributed by atoms with Crippen molar-refractivity contribution in [3.05, 3.63) is 0 Å². The van der Waals surface area contributed by atoms with Crippen LogP contribution < -0.4 is 5.32 Å². The Hall–Kier alpha value is -1.71. The normalized spacial score (nSPS) is 34.2. The topological polar surface area (TPSA) is 109 Å². The molecule has 2 fully saturated rings. The van der Waals surface area contributed by atoms with E-state index in [9.17, 15) is 14.4 Å². The minimum Gasteiger partial charge on any atom is -0.457 e. The number of hydrogen-bond donors (Lipinski definition) is 1. The Bertz CT molecular complexity index is 453. The van der Waals surface area contributed by atoms with Gasteiger partial charge < -0.3 is 29.0 Å². The molecule has 9 heteroatoms. The Morgan fingerprint density at radius 2 is 1.77 bits per heavy atom. The van der Waals surface area contributed by atoms with E-state index in [4.69, 9.17) is 23.7 Å². The fourth-order valence-electron chi connectivity index (χ4n) is 2.51. The van der Waals surface area contributed by atoms with Gasteiger partial charge in [0.2, 0.25) is 12.2 Å². The second kappa shape index (κ2) is 7.03. The van der Waals surface area contributed by atoms with Gasteiger partial charge in [-0.15, -0.1) is 0 Å². The molecular formula is C13H19NO8. The van der Waals surface area contributed by atoms with E-state index in [0.29, 0.717) is 0 Å². The highest BCUT2D eigenvalue weighted by Crippen LogP contribution is 2.29. The lowest BCUT2D eigenvalue weighted by Gasteiger charge is -2.46. The van der Waals surface area contributed by atoms with Crippen molar-refractivity contribution in [1.82, 2.24) is 5.32 Å². The Labute approximate surface area is 127 Å². The molecule has 1 N–H and O–H groups in total. The van der Waals surface area contributed by atoms with Gasteiger partial charge in [0, 0.05) is 20.8 Å². The summed E-state index contributed by atoms with van der Waals surface area (Å²) in [7, 11) is 0. The van der Waals surface area contributed by atoms with Crippen LogP contribution >= 0.6 is 0 Å². The molecule has 2 aliphatic rings. The summed E-state index contributed by atoms with van der Waals surface area (Å²) < 4.78 is 26.6. The average molecular weight is 317 g/mol. The van der Waals surface area contributed by atoms with Crippen LogP contribution in [0.3, 0.4) is 0 Å². The number of carbonyl (C=O) groups is 3. The maximum atomic E-state index is 11.4. The Morgan fingerprint density at radius 3 is 2.36 bits per heavy atom. The van der Waals surface area contributed by atoms with Gasteiger partial charge in [-0.1, -0.05) is 0 Å². The second-order valence-electron chi connectivity index (χ2n) is 5.07. The Kier molecular flexibility index (Phi) is 5.33. The van der Waals surface area contributed by atoms with Gasteiger partial charge >= 0.3 is 11.9 Å². The van der Waals surface area contributed by atoms with Crippen LogP contribution in [0.4, 0.5) is 0 Å². The van der Waals surface area contributed by atoms with Crippen molar-refractivity contribution >= 4 is 17.8 Å². The fraction of sp³-hybridized carbons (Fsp3) is 0.769. The minimum absolute atomic E-state index is 0.0211. The second-order valence-corrected chi connectivity index (χ2v) is 5.07. The van der Waals surface area contributed by atoms with Gasteiger partial charge in [-0.3, -0.25) is 14.4 Å². The molecule has 5 unspecified atom stereocenters. The highest BCUT2D eigenvalue weighted by Gasteiger charge is 2.51. The van der Waals surface area contributed by atoms with Crippen molar-refractivity contribution in [1.29, 1.82) is 0 Å². The number of amides is 1. The number of carbonyl (C=O) groups excluding carboxylic acids is 3. The lowest BCUT2D eigenvalue weighted by Crippen LogP contribution is -2.67. The summed E-state index contributed by atoms with van der Waals surface area (Å²) >= 11 is 0. The zero-order chi connectivity index (χ0) is 16.3. The standard InChI is InChI=1S/C13H19NO8/c1-6(15)14-10-12(20-7(2)16)11-9(4-18-5-19-11)22-13(10)21-8(3)17/h9-13H,4-5H2,1-3H3,(H,14,15). The molecule has 0 aromatic rings. The summed E-state index contributed by atoms with van der Waals surface area (Å²) in [6, 6.07) is -0.871. The predicted molar refractivity (Wildman–Crippen MR) is 69.3 cm³/mol. The van der Waals surface area contributed by atoms with Crippen molar-refractivity contribution in [3.63, 3.8) is 0 Å². The molecule has 22 heavy (non-hydrogen) atoms. The number of nitrogens with one attached hydrogen (secondary N) is 1. The van der Waals surface area contributed by atoms with Gasteiger partial charge in [0.25, 0.3) is 0 Å². The Balaban J connectivity index is 2.26. The molecule has 0 bridgehead atoms. The summed E-state index contributed by atoms with van der Waals surface area (Å²) in [4.78, 5) is 34.0. The average Bonchev–Trinajstić information content (AvgIpc) is 2.41. The van der Waals surface area contributed by atoms with Crippen LogP contribution in [0, 0.1) is 0 Å². The van der Waals surface area contributed by atoms with Crippen LogP contribution in [0.15, 0.2) is 0 Å². The third kappa shape index (κ3) is 3.93. The molecule has 0 spiro atoms. The van der Waals surface area contributed by atoms with Gasteiger partial charge in [0.15, 0.2) is 6.10 Å². The summed E-state index contributed by atoms with van der Waals surface area (Å²) in [5.41, 5.74) is 0. The van der Waals surface area contributed by atoms with Crippen molar-refractivity contribution in [2.24, 2.45) is 0 Å². The van der Waals surface area contributed by atoms with Crippen LogP contribution in [0.1, 0.15) is 20.8 Å². The highest BCUT2D eigenvalue weighted by molar-refractivity contribution is 5.73. The maximum Gasteiger partial charge on any atom is 0.305 e. The smallest absolute Gasteiger partial charge is 0.305 e. The minimum atomic E-state index is -1.10. The molecule has 9 nitrogen and oxygen atoms in total. The third-order valence-electron chi connectivity index (χ3n) is 3.23. The van der Waals surface area contributed by atoms with Crippen LogP contribution in [-0.4, -0.2) is 61.9 Å². The molecule has 124 valence electrons. The quantitative estimate of drug-likeness (QED) is 0.666. The van der Waals surface area contributed by atoms with E-state index in [1.807, 2.05) is 0 Å². The molecule has 0 radical (unpaired) electrons. The highest BCUT2D eigenvalue weighted by atomic mass is 16.7. The number of esters is 2. The third-order valence-corrected chi connectivity index (χ3v) is 3.23. The zero-order valence-corrected chi connectivity index (χ0v) is 12.6. The molecule has 2 rings (SSSR count). The fourth-order valence-corrected chi connectivity index (χ4v) is 2.51. The SMILES string of the molecule is CC(=O)NC1C(OC(C)=O)OC2COCOC2C1OC(C)=O. The zero-order valence-electron chi connectivity index (χ0n) is 12.6. The summed E-state index contributed by atoms with van der Waals surface area (Å²) in [6.07, 6.45) is -3.15. The van der Waals surface area contributed by atoms with E-state index in [2.05, 4.69) is 5.32 Å². The first-order valence-corrected chi connectivity index (χ1v) is 6.85. The number of hydrogen-bond acceptors (Lipinski definition) is 8. The van der Waals surface area contributed by atoms with Crippen molar-refractivity contribution in [3.8, 4) is 0 Å². The van der Waals surface area contributed by atoms with Gasteiger partial charge in [-0.25, -0.2) is 0 Å². The molecular weight excluding hydrogens is 298 g/mol. The molecule has 1 amide bonds. The molecule has 0 aromatic heterocycles. The van der Waals surface area contributed by atoms with Crippen LogP contribution in [0.5, 0.6) is 0 Å². The van der Waals surface area contributed by atoms with Crippen molar-refractivity contribution < 1.29 is 38.1 Å². The van der Waals surface area contributed by atoms with Crippen LogP contribution in [0.2, 0.25) is 0 Å². The molecule has 2 aliphatic heterocycles. The maximum absolute atomic E-state index is 11.4. The van der Waals surface area contributed by atoms with Gasteiger partial charge in [-0.05, 0) is 0 Å². The monoisotopic (exact) mass is 317 g/mol. The Morgan fingerprint density at radius 1 is 1.09 bits per heavy atom. The summed E-state index contributed by atoms with van der Waals surface area (Å²) in [6.45, 7) is 3.98. The van der Waals surface area contributed by atoms with Gasteiger partial charge in [0.1, 0.15) is 25.0 Å². The summed E-state index contributed by atoms with van der Waals surface area (Å²) in [5, 5.41) is 2.59. The van der Waals surface area contributed by atoms with Crippen molar-refractivity contribution in [2.45, 2.75) is 51.4 Å². The largest absolute Gasteiger partial charge is 0.457 e. The van der Waals surface area contributed by atoms with E-state index in [-0.39, 0.29) is 19.3 Å². The molecule has 2 heterocycles. The molecule has 0 saturated carbocycles. The van der Waals surface area contributed by atoms with Crippen LogP contribution in [0.25, 0.3) is 0 Å². The van der Waals surface area contributed by atoms with Gasteiger partial charge in [-0.2, -0.15) is 0 Å². The van der Waals surface area contributed by atoms with E-state index in [0.717, 1.165) is 0 Å². The van der Waals surface area contributed by atoms with E-state index in [1.54, 1.807) is 0 Å². The molecule has 0 aromatic carbocycles. The number of ether oxygens (including phenoxy) is 5. The first-order valence-electron chi connectivity index (χ1n) is 6.85. The molecule has 5 atom stereocenters. The van der Waals surface area contributed by atoms with E-state index < -0.39 is 42.6 Å². The molecule has 0 aliphatic carbocycles. The first kappa shape index (κ1) is 16.7. The number of rotatable bonds is 3. The first-order chi connectivity index (χ1) is 10.4. The van der Waals surface area contributed by atoms with E-state index >= 15 is 0 Å². The number of fused-ring (bicyclic) bond motifs is 1. The van der Waals surface area contributed by atoms with Gasteiger partial charge in [0.05, 0.1) is 6.61 Å². The lowest BCUT2D eigenvalue weighted by molar-refractivity contribution is -0.312. The van der Waals surface area contributed by atoms with Crippen molar-refractivity contribution in [2.75, 3.05) is 13.4 Å². The van der Waals surface area contributed by atoms with Crippen LogP contribution in [-0.2, 0) is 38.1 Å².